The van der Waals surface area contributed by atoms with E-state index < -0.39 is 0 Å². The van der Waals surface area contributed by atoms with Crippen molar-refractivity contribution in [3.8, 4) is 11.5 Å². The predicted molar refractivity (Wildman–Crippen MR) is 105 cm³/mol. The van der Waals surface area contributed by atoms with Crippen molar-refractivity contribution in [2.75, 3.05) is 26.3 Å². The van der Waals surface area contributed by atoms with Gasteiger partial charge in [0.25, 0.3) is 5.91 Å². The predicted octanol–water partition coefficient (Wildman–Crippen LogP) is 2.91. The molecule has 7 heteroatoms. The van der Waals surface area contributed by atoms with E-state index in [0.717, 1.165) is 36.6 Å². The van der Waals surface area contributed by atoms with Gasteiger partial charge in [-0.25, -0.2) is 0 Å². The maximum atomic E-state index is 12.7. The quantitative estimate of drug-likeness (QED) is 0.658. The van der Waals surface area contributed by atoms with Gasteiger partial charge >= 0.3 is 0 Å². The number of fused-ring (bicyclic) bond motifs is 1. The van der Waals surface area contributed by atoms with Crippen molar-refractivity contribution < 1.29 is 14.3 Å². The number of benzene rings is 1. The lowest BCUT2D eigenvalue weighted by molar-refractivity contribution is -0.134. The zero-order chi connectivity index (χ0) is 19.3. The van der Waals surface area contributed by atoms with Crippen LogP contribution in [0.15, 0.2) is 48.7 Å². The number of likely N-dealkylation sites (tertiary alicyclic amines) is 1. The number of pyridine rings is 1. The van der Waals surface area contributed by atoms with Gasteiger partial charge in [-0.3, -0.25) is 9.20 Å². The molecule has 3 aromatic rings. The molecule has 1 atom stereocenters. The van der Waals surface area contributed by atoms with Crippen LogP contribution in [-0.2, 0) is 4.79 Å². The van der Waals surface area contributed by atoms with Crippen LogP contribution >= 0.6 is 0 Å². The number of hydrogen-bond acceptors (Lipinski definition) is 5. The van der Waals surface area contributed by atoms with Gasteiger partial charge in [-0.2, -0.15) is 0 Å². The molecular formula is C21H24N4O3. The molecule has 0 N–H and O–H groups in total. The van der Waals surface area contributed by atoms with E-state index in [2.05, 4.69) is 10.2 Å². The third-order valence-corrected chi connectivity index (χ3v) is 4.98. The van der Waals surface area contributed by atoms with Crippen molar-refractivity contribution in [2.24, 2.45) is 0 Å². The second-order valence-electron chi connectivity index (χ2n) is 6.86. The first-order valence-electron chi connectivity index (χ1n) is 9.67. The molecular weight excluding hydrogens is 356 g/mol. The van der Waals surface area contributed by atoms with E-state index in [4.69, 9.17) is 9.47 Å². The van der Waals surface area contributed by atoms with Crippen molar-refractivity contribution in [1.29, 1.82) is 0 Å². The van der Waals surface area contributed by atoms with Gasteiger partial charge in [0.2, 0.25) is 0 Å². The summed E-state index contributed by atoms with van der Waals surface area (Å²) in [6.07, 6.45) is 3.92. The Morgan fingerprint density at radius 2 is 1.89 bits per heavy atom. The van der Waals surface area contributed by atoms with E-state index in [0.29, 0.717) is 18.9 Å². The number of carbonyl (C=O) groups is 1. The van der Waals surface area contributed by atoms with Crippen molar-refractivity contribution >= 4 is 11.6 Å². The van der Waals surface area contributed by atoms with Crippen LogP contribution in [0.1, 0.15) is 31.5 Å². The van der Waals surface area contributed by atoms with Crippen LogP contribution in [0.3, 0.4) is 0 Å². The van der Waals surface area contributed by atoms with E-state index in [-0.39, 0.29) is 18.4 Å². The van der Waals surface area contributed by atoms with Crippen molar-refractivity contribution in [3.05, 3.63) is 54.5 Å². The molecule has 0 spiro atoms. The highest BCUT2D eigenvalue weighted by Gasteiger charge is 2.28. The number of nitrogens with zero attached hydrogens (tertiary/aromatic N) is 4. The summed E-state index contributed by atoms with van der Waals surface area (Å²) in [7, 11) is 0. The molecule has 1 aliphatic heterocycles. The lowest BCUT2D eigenvalue weighted by atomic mass is 9.97. The van der Waals surface area contributed by atoms with Crippen LogP contribution in [0.25, 0.3) is 5.65 Å². The number of piperidine rings is 1. The third kappa shape index (κ3) is 3.93. The molecule has 3 heterocycles. The first kappa shape index (κ1) is 18.3. The fourth-order valence-electron chi connectivity index (χ4n) is 3.59. The molecule has 28 heavy (non-hydrogen) atoms. The fraction of sp³-hybridized carbons (Fsp3) is 0.381. The van der Waals surface area contributed by atoms with Gasteiger partial charge in [0, 0.05) is 25.2 Å². The highest BCUT2D eigenvalue weighted by atomic mass is 16.5. The fourth-order valence-corrected chi connectivity index (χ4v) is 3.59. The van der Waals surface area contributed by atoms with Crippen molar-refractivity contribution in [1.82, 2.24) is 19.5 Å². The Kier molecular flexibility index (Phi) is 5.41. The Morgan fingerprint density at radius 3 is 2.68 bits per heavy atom. The highest BCUT2D eigenvalue weighted by molar-refractivity contribution is 5.78. The summed E-state index contributed by atoms with van der Waals surface area (Å²) in [4.78, 5) is 14.5. The smallest absolute Gasteiger partial charge is 0.260 e. The first-order valence-corrected chi connectivity index (χ1v) is 9.67. The van der Waals surface area contributed by atoms with Gasteiger partial charge < -0.3 is 14.4 Å². The Morgan fingerprint density at radius 1 is 1.11 bits per heavy atom. The largest absolute Gasteiger partial charge is 0.494 e. The summed E-state index contributed by atoms with van der Waals surface area (Å²) in [5.74, 6) is 2.54. The number of aromatic nitrogens is 3. The second-order valence-corrected chi connectivity index (χ2v) is 6.86. The monoisotopic (exact) mass is 380 g/mol. The minimum atomic E-state index is -0.00703. The van der Waals surface area contributed by atoms with Crippen LogP contribution in [0.4, 0.5) is 0 Å². The Balaban J connectivity index is 1.36. The molecule has 1 saturated heterocycles. The van der Waals surface area contributed by atoms with Gasteiger partial charge in [-0.05, 0) is 56.2 Å². The molecule has 2 aromatic heterocycles. The number of rotatable bonds is 6. The maximum Gasteiger partial charge on any atom is 0.260 e. The van der Waals surface area contributed by atoms with E-state index in [1.165, 1.54) is 0 Å². The number of amides is 1. The van der Waals surface area contributed by atoms with Crippen LogP contribution in [0.2, 0.25) is 0 Å². The van der Waals surface area contributed by atoms with E-state index in [9.17, 15) is 4.79 Å². The number of ether oxygens (including phenoxy) is 2. The van der Waals surface area contributed by atoms with E-state index >= 15 is 0 Å². The lowest BCUT2D eigenvalue weighted by Gasteiger charge is -2.31. The minimum Gasteiger partial charge on any atom is -0.494 e. The van der Waals surface area contributed by atoms with Gasteiger partial charge in [-0.1, -0.05) is 6.07 Å². The molecule has 0 saturated carbocycles. The zero-order valence-electron chi connectivity index (χ0n) is 16.0. The van der Waals surface area contributed by atoms with Crippen molar-refractivity contribution in [2.45, 2.75) is 25.7 Å². The van der Waals surface area contributed by atoms with Crippen LogP contribution in [-0.4, -0.2) is 51.7 Å². The molecule has 1 amide bonds. The molecule has 0 bridgehead atoms. The van der Waals surface area contributed by atoms with Gasteiger partial charge in [-0.15, -0.1) is 10.2 Å². The molecule has 7 nitrogen and oxygen atoms in total. The van der Waals surface area contributed by atoms with Crippen LogP contribution in [0.5, 0.6) is 11.5 Å². The molecule has 0 radical (unpaired) electrons. The summed E-state index contributed by atoms with van der Waals surface area (Å²) in [5, 5.41) is 8.60. The van der Waals surface area contributed by atoms with Gasteiger partial charge in [0.05, 0.1) is 6.61 Å². The average molecular weight is 380 g/mol. The summed E-state index contributed by atoms with van der Waals surface area (Å²) < 4.78 is 13.1. The highest BCUT2D eigenvalue weighted by Crippen LogP contribution is 2.26. The molecule has 0 aliphatic carbocycles. The maximum absolute atomic E-state index is 12.7. The van der Waals surface area contributed by atoms with Gasteiger partial charge in [0.1, 0.15) is 17.3 Å². The molecule has 146 valence electrons. The molecule has 1 fully saturated rings. The Hall–Kier alpha value is -3.09. The van der Waals surface area contributed by atoms with Crippen LogP contribution < -0.4 is 9.47 Å². The van der Waals surface area contributed by atoms with Crippen LogP contribution in [0, 0.1) is 0 Å². The summed E-state index contributed by atoms with van der Waals surface area (Å²) in [5.41, 5.74) is 0.833. The third-order valence-electron chi connectivity index (χ3n) is 4.98. The molecule has 1 aromatic carbocycles. The Bertz CT molecular complexity index is 938. The molecule has 4 rings (SSSR count). The summed E-state index contributed by atoms with van der Waals surface area (Å²) >= 11 is 0. The van der Waals surface area contributed by atoms with Crippen molar-refractivity contribution in [3.63, 3.8) is 0 Å². The first-order chi connectivity index (χ1) is 13.7. The topological polar surface area (TPSA) is 69.0 Å². The zero-order valence-corrected chi connectivity index (χ0v) is 16.0. The normalized spacial score (nSPS) is 16.9. The van der Waals surface area contributed by atoms with E-state index in [1.54, 1.807) is 0 Å². The number of carbonyl (C=O) groups excluding carboxylic acids is 1. The SMILES string of the molecule is CCOc1ccc(OCC(=O)N2CCCC(c3nnc4ccccn34)C2)cc1. The Labute approximate surface area is 163 Å². The van der Waals surface area contributed by atoms with E-state index in [1.807, 2.05) is 64.9 Å². The standard InChI is InChI=1S/C21H24N4O3/c1-2-27-17-8-10-18(11-9-17)28-15-20(26)24-12-5-6-16(14-24)21-23-22-19-7-3-4-13-25(19)21/h3-4,7-11,13,16H,2,5-6,12,14-15H2,1H3. The summed E-state index contributed by atoms with van der Waals surface area (Å²) in [6, 6.07) is 13.2. The van der Waals surface area contributed by atoms with Gasteiger partial charge in [0.15, 0.2) is 12.3 Å². The molecule has 1 unspecified atom stereocenters. The number of hydrogen-bond donors (Lipinski definition) is 0. The summed E-state index contributed by atoms with van der Waals surface area (Å²) in [6.45, 7) is 3.98. The second kappa shape index (κ2) is 8.29. The average Bonchev–Trinajstić information content (AvgIpc) is 3.17. The minimum absolute atomic E-state index is 0.00703. The molecule has 1 aliphatic rings. The lowest BCUT2D eigenvalue weighted by Crippen LogP contribution is -2.42.